The molecule has 0 saturated heterocycles. The summed E-state index contributed by atoms with van der Waals surface area (Å²) in [6, 6.07) is 14.4. The summed E-state index contributed by atoms with van der Waals surface area (Å²) in [7, 11) is 3.91. The van der Waals surface area contributed by atoms with Gasteiger partial charge in [0.2, 0.25) is 5.71 Å². The second-order valence-electron chi connectivity index (χ2n) is 6.55. The molecule has 0 atom stereocenters. The van der Waals surface area contributed by atoms with Gasteiger partial charge in [0.05, 0.1) is 5.52 Å². The summed E-state index contributed by atoms with van der Waals surface area (Å²) in [6.07, 6.45) is 0. The van der Waals surface area contributed by atoms with E-state index < -0.39 is 0 Å². The summed E-state index contributed by atoms with van der Waals surface area (Å²) >= 11 is 0. The Morgan fingerprint density at radius 3 is 2.77 bits per heavy atom. The molecule has 0 aliphatic heterocycles. The Morgan fingerprint density at radius 2 is 1.96 bits per heavy atom. The fraction of sp³-hybridized carbons (Fsp3) is 0.200. The van der Waals surface area contributed by atoms with Crippen molar-refractivity contribution in [1.82, 2.24) is 14.6 Å². The van der Waals surface area contributed by atoms with Crippen molar-refractivity contribution < 1.29 is 9.21 Å². The van der Waals surface area contributed by atoms with Crippen molar-refractivity contribution in [2.75, 3.05) is 27.2 Å². The van der Waals surface area contributed by atoms with E-state index >= 15 is 0 Å². The number of pyridine rings is 1. The molecule has 0 bridgehead atoms. The summed E-state index contributed by atoms with van der Waals surface area (Å²) in [5.41, 5.74) is 2.01. The normalized spacial score (nSPS) is 11.7. The highest BCUT2D eigenvalue weighted by molar-refractivity contribution is 5.97. The Morgan fingerprint density at radius 1 is 1.15 bits per heavy atom. The summed E-state index contributed by atoms with van der Waals surface area (Å²) in [6.45, 7) is 1.33. The fourth-order valence-electron chi connectivity index (χ4n) is 3.07. The Kier molecular flexibility index (Phi) is 3.97. The SMILES string of the molecule is CN(C)CCNC(=O)c1ccc2c(c1)oc1cc3ccccc3c(=O)n12. The van der Waals surface area contributed by atoms with Crippen LogP contribution in [0.25, 0.3) is 27.6 Å². The number of oxazole rings is 1. The van der Waals surface area contributed by atoms with Crippen LogP contribution < -0.4 is 10.9 Å². The molecular weight excluding hydrogens is 330 g/mol. The van der Waals surface area contributed by atoms with Crippen LogP contribution >= 0.6 is 0 Å². The Labute approximate surface area is 149 Å². The van der Waals surface area contributed by atoms with Gasteiger partial charge in [0, 0.05) is 30.1 Å². The molecule has 0 aliphatic rings. The lowest BCUT2D eigenvalue weighted by Gasteiger charge is -2.10. The predicted octanol–water partition coefficient (Wildman–Crippen LogP) is 2.49. The molecule has 1 amide bonds. The number of amides is 1. The molecule has 0 saturated carbocycles. The first-order valence-electron chi connectivity index (χ1n) is 8.44. The number of likely N-dealkylation sites (N-methyl/N-ethyl adjacent to an activating group) is 1. The number of hydrogen-bond donors (Lipinski definition) is 1. The Bertz CT molecular complexity index is 1190. The monoisotopic (exact) mass is 349 g/mol. The van der Waals surface area contributed by atoms with Crippen LogP contribution in [-0.4, -0.2) is 42.4 Å². The van der Waals surface area contributed by atoms with Gasteiger partial charge < -0.3 is 14.6 Å². The molecule has 2 aromatic heterocycles. The van der Waals surface area contributed by atoms with Crippen LogP contribution in [0.2, 0.25) is 0 Å². The molecule has 6 heteroatoms. The molecule has 2 heterocycles. The summed E-state index contributed by atoms with van der Waals surface area (Å²) in [5, 5.41) is 4.34. The summed E-state index contributed by atoms with van der Waals surface area (Å²) < 4.78 is 7.40. The van der Waals surface area contributed by atoms with Gasteiger partial charge >= 0.3 is 0 Å². The molecule has 0 spiro atoms. The molecule has 2 aromatic carbocycles. The average Bonchev–Trinajstić information content (AvgIpc) is 2.99. The summed E-state index contributed by atoms with van der Waals surface area (Å²) in [4.78, 5) is 27.1. The number of fused-ring (bicyclic) bond motifs is 4. The third-order valence-corrected chi connectivity index (χ3v) is 4.42. The lowest BCUT2D eigenvalue weighted by Crippen LogP contribution is -2.31. The van der Waals surface area contributed by atoms with Crippen molar-refractivity contribution in [3.05, 3.63) is 64.4 Å². The van der Waals surface area contributed by atoms with Crippen LogP contribution in [0.3, 0.4) is 0 Å². The first-order valence-corrected chi connectivity index (χ1v) is 8.44. The fourth-order valence-corrected chi connectivity index (χ4v) is 3.07. The van der Waals surface area contributed by atoms with Gasteiger partial charge in [0.15, 0.2) is 5.58 Å². The minimum atomic E-state index is -0.160. The van der Waals surface area contributed by atoms with Gasteiger partial charge in [-0.3, -0.25) is 9.59 Å². The number of benzene rings is 2. The molecule has 0 unspecified atom stereocenters. The molecule has 4 aromatic rings. The third kappa shape index (κ3) is 2.74. The smallest absolute Gasteiger partial charge is 0.265 e. The van der Waals surface area contributed by atoms with E-state index in [0.29, 0.717) is 34.3 Å². The van der Waals surface area contributed by atoms with Gasteiger partial charge in [0.25, 0.3) is 11.5 Å². The van der Waals surface area contributed by atoms with Crippen molar-refractivity contribution in [2.45, 2.75) is 0 Å². The first kappa shape index (κ1) is 16.4. The van der Waals surface area contributed by atoms with Crippen molar-refractivity contribution in [2.24, 2.45) is 0 Å². The standard InChI is InChI=1S/C20H19N3O3/c1-22(2)10-9-21-19(24)14-7-8-16-17(11-14)26-18-12-13-5-3-4-6-15(13)20(25)23(16)18/h3-8,11-12H,9-10H2,1-2H3,(H,21,24). The molecule has 0 radical (unpaired) electrons. The van der Waals surface area contributed by atoms with Crippen LogP contribution in [0.5, 0.6) is 0 Å². The first-order chi connectivity index (χ1) is 12.5. The van der Waals surface area contributed by atoms with Gasteiger partial charge in [-0.25, -0.2) is 4.40 Å². The number of aromatic nitrogens is 1. The molecule has 1 N–H and O–H groups in total. The highest BCUT2D eigenvalue weighted by atomic mass is 16.3. The molecule has 0 fully saturated rings. The Hall–Kier alpha value is -3.12. The number of nitrogens with one attached hydrogen (secondary N) is 1. The maximum atomic E-state index is 12.8. The minimum absolute atomic E-state index is 0.125. The second-order valence-corrected chi connectivity index (χ2v) is 6.55. The maximum absolute atomic E-state index is 12.8. The molecule has 6 nitrogen and oxygen atoms in total. The largest absolute Gasteiger partial charge is 0.438 e. The zero-order valence-corrected chi connectivity index (χ0v) is 14.7. The van der Waals surface area contributed by atoms with Crippen molar-refractivity contribution in [3.8, 4) is 0 Å². The van der Waals surface area contributed by atoms with Crippen LogP contribution in [0.15, 0.2) is 57.7 Å². The van der Waals surface area contributed by atoms with Crippen LogP contribution in [0, 0.1) is 0 Å². The van der Waals surface area contributed by atoms with E-state index in [9.17, 15) is 9.59 Å². The van der Waals surface area contributed by atoms with Gasteiger partial charge in [-0.05, 0) is 43.7 Å². The van der Waals surface area contributed by atoms with E-state index in [0.717, 1.165) is 11.9 Å². The van der Waals surface area contributed by atoms with Gasteiger partial charge in [0.1, 0.15) is 0 Å². The van der Waals surface area contributed by atoms with Crippen molar-refractivity contribution in [1.29, 1.82) is 0 Å². The number of carbonyl (C=O) groups is 1. The van der Waals surface area contributed by atoms with Crippen LogP contribution in [0.1, 0.15) is 10.4 Å². The van der Waals surface area contributed by atoms with Crippen LogP contribution in [-0.2, 0) is 0 Å². The van der Waals surface area contributed by atoms with Gasteiger partial charge in [-0.2, -0.15) is 0 Å². The van der Waals surface area contributed by atoms with Crippen molar-refractivity contribution >= 4 is 33.5 Å². The molecule has 26 heavy (non-hydrogen) atoms. The predicted molar refractivity (Wildman–Crippen MR) is 102 cm³/mol. The van der Waals surface area contributed by atoms with E-state index in [4.69, 9.17) is 4.42 Å². The molecule has 4 rings (SSSR count). The van der Waals surface area contributed by atoms with Crippen molar-refractivity contribution in [3.63, 3.8) is 0 Å². The highest BCUT2D eigenvalue weighted by Crippen LogP contribution is 2.23. The Balaban J connectivity index is 1.78. The van der Waals surface area contributed by atoms with E-state index in [1.54, 1.807) is 28.7 Å². The van der Waals surface area contributed by atoms with E-state index in [-0.39, 0.29) is 11.5 Å². The topological polar surface area (TPSA) is 67.0 Å². The lowest BCUT2D eigenvalue weighted by molar-refractivity contribution is 0.0951. The minimum Gasteiger partial charge on any atom is -0.438 e. The molecular formula is C20H19N3O3. The zero-order chi connectivity index (χ0) is 18.3. The van der Waals surface area contributed by atoms with Gasteiger partial charge in [-0.15, -0.1) is 0 Å². The van der Waals surface area contributed by atoms with E-state index in [2.05, 4.69) is 5.32 Å². The highest BCUT2D eigenvalue weighted by Gasteiger charge is 2.14. The van der Waals surface area contributed by atoms with Gasteiger partial charge in [-0.1, -0.05) is 18.2 Å². The molecule has 132 valence electrons. The zero-order valence-electron chi connectivity index (χ0n) is 14.7. The maximum Gasteiger partial charge on any atom is 0.265 e. The number of nitrogens with zero attached hydrogens (tertiary/aromatic N) is 2. The average molecular weight is 349 g/mol. The lowest BCUT2D eigenvalue weighted by atomic mass is 10.1. The summed E-state index contributed by atoms with van der Waals surface area (Å²) in [5.74, 6) is -0.160. The number of carbonyl (C=O) groups excluding carboxylic acids is 1. The second kappa shape index (κ2) is 6.31. The quantitative estimate of drug-likeness (QED) is 0.615. The number of rotatable bonds is 4. The van der Waals surface area contributed by atoms with E-state index in [1.807, 2.05) is 43.3 Å². The third-order valence-electron chi connectivity index (χ3n) is 4.42. The molecule has 0 aliphatic carbocycles. The number of hydrogen-bond acceptors (Lipinski definition) is 4. The van der Waals surface area contributed by atoms with E-state index in [1.165, 1.54) is 0 Å². The van der Waals surface area contributed by atoms with Crippen LogP contribution in [0.4, 0.5) is 0 Å².